The number of hydrogen-bond acceptors (Lipinski definition) is 3. The topological polar surface area (TPSA) is 80.2 Å². The van der Waals surface area contributed by atoms with Gasteiger partial charge in [-0.2, -0.15) is 5.26 Å². The van der Waals surface area contributed by atoms with Gasteiger partial charge >= 0.3 is 6.03 Å². The van der Waals surface area contributed by atoms with Gasteiger partial charge in [0.05, 0.1) is 0 Å². The van der Waals surface area contributed by atoms with Crippen molar-refractivity contribution in [2.75, 3.05) is 20.6 Å². The summed E-state index contributed by atoms with van der Waals surface area (Å²) < 4.78 is 0. The number of amides is 2. The Bertz CT molecular complexity index is 583. The highest BCUT2D eigenvalue weighted by Gasteiger charge is 2.23. The zero-order valence-electron chi connectivity index (χ0n) is 10.4. The number of rotatable bonds is 0. The molecule has 0 radical (unpaired) electrons. The number of nitrogens with one attached hydrogen (secondary N) is 1. The van der Waals surface area contributed by atoms with Crippen LogP contribution in [0.4, 0.5) is 4.79 Å². The Morgan fingerprint density at radius 1 is 1.56 bits per heavy atom. The predicted molar refractivity (Wildman–Crippen MR) is 65.0 cm³/mol. The summed E-state index contributed by atoms with van der Waals surface area (Å²) in [7, 11) is 3.40. The molecule has 1 aliphatic rings. The van der Waals surface area contributed by atoms with Gasteiger partial charge in [-0.25, -0.2) is 4.79 Å². The summed E-state index contributed by atoms with van der Waals surface area (Å²) in [6.45, 7) is 1.00. The summed E-state index contributed by atoms with van der Waals surface area (Å²) in [5.74, 6) is 0. The number of urea groups is 1. The molecule has 0 spiro atoms. The third kappa shape index (κ3) is 2.07. The second-order valence-electron chi connectivity index (χ2n) is 4.48. The van der Waals surface area contributed by atoms with Crippen LogP contribution < -0.4 is 5.56 Å². The lowest BCUT2D eigenvalue weighted by Crippen LogP contribution is -2.42. The molecule has 1 aliphatic heterocycles. The quantitative estimate of drug-likeness (QED) is 0.714. The lowest BCUT2D eigenvalue weighted by atomic mass is 10.0. The zero-order valence-corrected chi connectivity index (χ0v) is 10.4. The minimum atomic E-state index is -0.358. The van der Waals surface area contributed by atoms with Crippen molar-refractivity contribution < 1.29 is 4.79 Å². The zero-order chi connectivity index (χ0) is 13.3. The first-order valence-electron chi connectivity index (χ1n) is 5.64. The van der Waals surface area contributed by atoms with Gasteiger partial charge < -0.3 is 14.8 Å². The number of fused-ring (bicyclic) bond motifs is 1. The van der Waals surface area contributed by atoms with Crippen LogP contribution in [0.1, 0.15) is 16.8 Å². The predicted octanol–water partition coefficient (Wildman–Crippen LogP) is 0.286. The molecular formula is C12H14N4O2. The minimum Gasteiger partial charge on any atom is -0.331 e. The summed E-state index contributed by atoms with van der Waals surface area (Å²) in [6, 6.07) is 3.36. The van der Waals surface area contributed by atoms with Gasteiger partial charge in [-0.05, 0) is 11.6 Å². The smallest absolute Gasteiger partial charge is 0.319 e. The number of nitriles is 1. The first kappa shape index (κ1) is 12.2. The van der Waals surface area contributed by atoms with Gasteiger partial charge in [0.2, 0.25) is 0 Å². The molecule has 0 aromatic carbocycles. The first-order chi connectivity index (χ1) is 8.52. The van der Waals surface area contributed by atoms with Crippen LogP contribution in [0.25, 0.3) is 0 Å². The molecule has 2 heterocycles. The number of hydrogen-bond donors (Lipinski definition) is 1. The van der Waals surface area contributed by atoms with Crippen LogP contribution in [0.2, 0.25) is 0 Å². The fraction of sp³-hybridized carbons (Fsp3) is 0.417. The number of nitrogens with zero attached hydrogens (tertiary/aromatic N) is 3. The molecule has 0 fully saturated rings. The molecule has 1 aromatic heterocycles. The van der Waals surface area contributed by atoms with Crippen LogP contribution in [0.15, 0.2) is 10.9 Å². The largest absolute Gasteiger partial charge is 0.331 e. The molecule has 1 N–H and O–H groups in total. The SMILES string of the molecule is CN(C)C(=O)N1CCc2[nH]c(=O)c(C#N)cc2C1. The highest BCUT2D eigenvalue weighted by molar-refractivity contribution is 5.74. The summed E-state index contributed by atoms with van der Waals surface area (Å²) >= 11 is 0. The van der Waals surface area contributed by atoms with E-state index in [-0.39, 0.29) is 17.2 Å². The van der Waals surface area contributed by atoms with Gasteiger partial charge in [-0.3, -0.25) is 4.79 Å². The van der Waals surface area contributed by atoms with Crippen molar-refractivity contribution in [2.24, 2.45) is 0 Å². The van der Waals surface area contributed by atoms with E-state index in [2.05, 4.69) is 4.98 Å². The maximum atomic E-state index is 11.8. The number of carbonyl (C=O) groups excluding carboxylic acids is 1. The molecular weight excluding hydrogens is 232 g/mol. The van der Waals surface area contributed by atoms with E-state index in [9.17, 15) is 9.59 Å². The van der Waals surface area contributed by atoms with Crippen LogP contribution in [-0.4, -0.2) is 41.5 Å². The molecule has 94 valence electrons. The molecule has 2 amide bonds. The molecule has 0 saturated heterocycles. The number of pyridine rings is 1. The van der Waals surface area contributed by atoms with E-state index in [0.29, 0.717) is 19.5 Å². The maximum absolute atomic E-state index is 11.8. The Balaban J connectivity index is 2.32. The van der Waals surface area contributed by atoms with Crippen molar-refractivity contribution in [3.63, 3.8) is 0 Å². The van der Waals surface area contributed by atoms with E-state index in [1.807, 2.05) is 6.07 Å². The first-order valence-corrected chi connectivity index (χ1v) is 5.64. The van der Waals surface area contributed by atoms with Crippen LogP contribution in [0.3, 0.4) is 0 Å². The summed E-state index contributed by atoms with van der Waals surface area (Å²) in [4.78, 5) is 29.2. The van der Waals surface area contributed by atoms with Crippen molar-refractivity contribution in [1.82, 2.24) is 14.8 Å². The highest BCUT2D eigenvalue weighted by atomic mass is 16.2. The van der Waals surface area contributed by atoms with E-state index in [1.165, 1.54) is 4.90 Å². The van der Waals surface area contributed by atoms with E-state index >= 15 is 0 Å². The van der Waals surface area contributed by atoms with Crippen LogP contribution >= 0.6 is 0 Å². The number of aromatic nitrogens is 1. The van der Waals surface area contributed by atoms with Crippen molar-refractivity contribution in [2.45, 2.75) is 13.0 Å². The van der Waals surface area contributed by atoms with Crippen LogP contribution in [-0.2, 0) is 13.0 Å². The second-order valence-corrected chi connectivity index (χ2v) is 4.48. The lowest BCUT2D eigenvalue weighted by molar-refractivity contribution is 0.165. The fourth-order valence-corrected chi connectivity index (χ4v) is 2.04. The van der Waals surface area contributed by atoms with Crippen molar-refractivity contribution >= 4 is 6.03 Å². The molecule has 18 heavy (non-hydrogen) atoms. The molecule has 0 atom stereocenters. The molecule has 0 aliphatic carbocycles. The number of carbonyl (C=O) groups is 1. The third-order valence-corrected chi connectivity index (χ3v) is 2.98. The van der Waals surface area contributed by atoms with Crippen LogP contribution in [0, 0.1) is 11.3 Å². The maximum Gasteiger partial charge on any atom is 0.319 e. The summed E-state index contributed by atoms with van der Waals surface area (Å²) in [6.07, 6.45) is 0.607. The Morgan fingerprint density at radius 2 is 2.28 bits per heavy atom. The normalized spacial score (nSPS) is 13.7. The molecule has 1 aromatic rings. The van der Waals surface area contributed by atoms with Crippen molar-refractivity contribution in [1.29, 1.82) is 5.26 Å². The average molecular weight is 246 g/mol. The third-order valence-electron chi connectivity index (χ3n) is 2.98. The average Bonchev–Trinajstić information content (AvgIpc) is 2.36. The Kier molecular flexibility index (Phi) is 3.06. The Labute approximate surface area is 104 Å². The molecule has 6 heteroatoms. The van der Waals surface area contributed by atoms with Gasteiger partial charge in [0.25, 0.3) is 5.56 Å². The number of H-pyrrole nitrogens is 1. The summed E-state index contributed by atoms with van der Waals surface area (Å²) in [5.41, 5.74) is 1.39. The van der Waals surface area contributed by atoms with Crippen molar-refractivity contribution in [3.05, 3.63) is 33.2 Å². The van der Waals surface area contributed by atoms with Gasteiger partial charge in [0.15, 0.2) is 0 Å². The van der Waals surface area contributed by atoms with Crippen LogP contribution in [0.5, 0.6) is 0 Å². The van der Waals surface area contributed by atoms with Crippen molar-refractivity contribution in [3.8, 4) is 6.07 Å². The Morgan fingerprint density at radius 3 is 2.89 bits per heavy atom. The molecule has 2 rings (SSSR count). The van der Waals surface area contributed by atoms with Gasteiger partial charge in [-0.15, -0.1) is 0 Å². The molecule has 0 saturated carbocycles. The lowest BCUT2D eigenvalue weighted by Gasteiger charge is -2.30. The highest BCUT2D eigenvalue weighted by Crippen LogP contribution is 2.17. The van der Waals surface area contributed by atoms with E-state index < -0.39 is 0 Å². The van der Waals surface area contributed by atoms with Gasteiger partial charge in [0, 0.05) is 39.3 Å². The fourth-order valence-electron chi connectivity index (χ4n) is 2.04. The van der Waals surface area contributed by atoms with E-state index in [1.54, 1.807) is 25.1 Å². The standard InChI is InChI=1S/C12H14N4O2/c1-15(2)12(18)16-4-3-10-9(7-16)5-8(6-13)11(17)14-10/h5H,3-4,7H2,1-2H3,(H,14,17). The molecule has 0 unspecified atom stereocenters. The van der Waals surface area contributed by atoms with E-state index in [0.717, 1.165) is 11.3 Å². The summed E-state index contributed by atoms with van der Waals surface area (Å²) in [5, 5.41) is 8.82. The Hall–Kier alpha value is -2.29. The second kappa shape index (κ2) is 4.53. The monoisotopic (exact) mass is 246 g/mol. The molecule has 6 nitrogen and oxygen atoms in total. The molecule has 0 bridgehead atoms. The number of aromatic amines is 1. The van der Waals surface area contributed by atoms with Gasteiger partial charge in [0.1, 0.15) is 11.6 Å². The van der Waals surface area contributed by atoms with Gasteiger partial charge in [-0.1, -0.05) is 0 Å². The minimum absolute atomic E-state index is 0.0645. The van der Waals surface area contributed by atoms with E-state index in [4.69, 9.17) is 5.26 Å².